The number of carbonyl (C=O) groups excluding carboxylic acids is 1. The van der Waals surface area contributed by atoms with Gasteiger partial charge in [-0.05, 0) is 18.6 Å². The van der Waals surface area contributed by atoms with Crippen LogP contribution in [0.4, 0.5) is 8.78 Å². The lowest BCUT2D eigenvalue weighted by Crippen LogP contribution is -2.50. The molecule has 10 heteroatoms. The molecule has 1 atom stereocenters. The molecule has 1 amide bonds. The summed E-state index contributed by atoms with van der Waals surface area (Å²) in [7, 11) is 1.54. The van der Waals surface area contributed by atoms with Gasteiger partial charge in [0.05, 0.1) is 18.2 Å². The van der Waals surface area contributed by atoms with Crippen molar-refractivity contribution in [1.29, 1.82) is 0 Å². The number of aromatic nitrogens is 2. The summed E-state index contributed by atoms with van der Waals surface area (Å²) in [5.74, 6) is -2.37. The highest BCUT2D eigenvalue weighted by atomic mass is 32.1. The van der Waals surface area contributed by atoms with E-state index in [9.17, 15) is 23.5 Å². The maximum absolute atomic E-state index is 14.0. The van der Waals surface area contributed by atoms with E-state index < -0.39 is 28.7 Å². The van der Waals surface area contributed by atoms with Crippen LogP contribution in [0.2, 0.25) is 0 Å². The van der Waals surface area contributed by atoms with Gasteiger partial charge in [0.1, 0.15) is 16.6 Å². The third kappa shape index (κ3) is 4.88. The van der Waals surface area contributed by atoms with Crippen LogP contribution in [-0.4, -0.2) is 51.8 Å². The average molecular weight is 492 g/mol. The Balaban J connectivity index is 0.00000158. The largest absolute Gasteiger partial charge is 0.503 e. The lowest BCUT2D eigenvalue weighted by atomic mass is 10.1. The number of thiazole rings is 1. The number of methoxy groups -OCH3 is 1. The lowest BCUT2D eigenvalue weighted by molar-refractivity contribution is 0.0423. The number of hydrogen-bond donors (Lipinski definition) is 1. The molecule has 0 fully saturated rings. The van der Waals surface area contributed by atoms with Crippen molar-refractivity contribution in [1.82, 2.24) is 14.5 Å². The standard InChI is InChI=1S/C22H21F2N3O4S.C2H6/c1-3-27-14(11-31-2)9-26-10-16(19(28)20(29)18(26)22(27)30)21-25-8-15(32-21)6-12-4-5-13(23)7-17(12)24;1-2/h4-5,7-8,10,14,29H,3,6,9,11H2,1-2H3;1-2H3. The highest BCUT2D eigenvalue weighted by molar-refractivity contribution is 7.15. The first-order valence-electron chi connectivity index (χ1n) is 11.0. The van der Waals surface area contributed by atoms with Crippen LogP contribution in [0.25, 0.3) is 10.6 Å². The Labute approximate surface area is 200 Å². The fraction of sp³-hybridized carbons (Fsp3) is 0.375. The van der Waals surface area contributed by atoms with E-state index in [2.05, 4.69) is 4.98 Å². The molecule has 0 spiro atoms. The highest BCUT2D eigenvalue weighted by Crippen LogP contribution is 2.30. The lowest BCUT2D eigenvalue weighted by Gasteiger charge is -2.36. The molecule has 1 N–H and O–H groups in total. The van der Waals surface area contributed by atoms with Crippen LogP contribution in [-0.2, 0) is 17.7 Å². The molecule has 182 valence electrons. The minimum Gasteiger partial charge on any atom is -0.503 e. The fourth-order valence-electron chi connectivity index (χ4n) is 3.90. The van der Waals surface area contributed by atoms with Crippen LogP contribution in [0.1, 0.15) is 41.7 Å². The predicted molar refractivity (Wildman–Crippen MR) is 126 cm³/mol. The van der Waals surface area contributed by atoms with Crippen molar-refractivity contribution < 1.29 is 23.4 Å². The van der Waals surface area contributed by atoms with E-state index >= 15 is 0 Å². The van der Waals surface area contributed by atoms with Gasteiger partial charge < -0.3 is 19.3 Å². The third-order valence-electron chi connectivity index (χ3n) is 5.43. The van der Waals surface area contributed by atoms with Gasteiger partial charge in [-0.2, -0.15) is 0 Å². The second-order valence-corrected chi connectivity index (χ2v) is 8.58. The van der Waals surface area contributed by atoms with Crippen molar-refractivity contribution >= 4 is 17.2 Å². The smallest absolute Gasteiger partial charge is 0.274 e. The van der Waals surface area contributed by atoms with Gasteiger partial charge in [-0.1, -0.05) is 19.9 Å². The summed E-state index contributed by atoms with van der Waals surface area (Å²) in [4.78, 5) is 32.2. The molecule has 1 aliphatic rings. The van der Waals surface area contributed by atoms with Crippen LogP contribution in [0.3, 0.4) is 0 Å². The molecular formula is C24H27F2N3O4S. The molecule has 1 aromatic carbocycles. The molecule has 1 aliphatic heterocycles. The quantitative estimate of drug-likeness (QED) is 0.562. The number of likely N-dealkylation sites (N-methyl/N-ethyl adjacent to an activating group) is 1. The van der Waals surface area contributed by atoms with E-state index in [1.54, 1.807) is 16.6 Å². The maximum Gasteiger partial charge on any atom is 0.274 e. The number of halogens is 2. The molecule has 34 heavy (non-hydrogen) atoms. The van der Waals surface area contributed by atoms with Gasteiger partial charge in [0.25, 0.3) is 5.91 Å². The van der Waals surface area contributed by atoms with Gasteiger partial charge in [-0.3, -0.25) is 9.59 Å². The number of pyridine rings is 1. The Hall–Kier alpha value is -3.11. The van der Waals surface area contributed by atoms with Crippen LogP contribution in [0.5, 0.6) is 5.75 Å². The van der Waals surface area contributed by atoms with Crippen LogP contribution in [0, 0.1) is 11.6 Å². The number of amides is 1. The predicted octanol–water partition coefficient (Wildman–Crippen LogP) is 4.06. The SMILES string of the molecule is CC.CCN1C(=O)c2c(O)c(=O)c(-c3ncc(Cc4ccc(F)cc4F)s3)cn2CC1COC. The number of aromatic hydroxyl groups is 1. The van der Waals surface area contributed by atoms with E-state index in [0.717, 1.165) is 6.07 Å². The number of benzene rings is 1. The summed E-state index contributed by atoms with van der Waals surface area (Å²) >= 11 is 1.17. The molecule has 4 rings (SSSR count). The second-order valence-electron chi connectivity index (χ2n) is 7.47. The Morgan fingerprint density at radius 1 is 1.26 bits per heavy atom. The maximum atomic E-state index is 14.0. The highest BCUT2D eigenvalue weighted by Gasteiger charge is 2.35. The summed E-state index contributed by atoms with van der Waals surface area (Å²) in [5, 5.41) is 10.9. The zero-order chi connectivity index (χ0) is 25.0. The molecule has 3 heterocycles. The van der Waals surface area contributed by atoms with Gasteiger partial charge in [-0.15, -0.1) is 11.3 Å². The molecule has 0 radical (unpaired) electrons. The van der Waals surface area contributed by atoms with Crippen molar-refractivity contribution in [3.63, 3.8) is 0 Å². The summed E-state index contributed by atoms with van der Waals surface area (Å²) in [6.07, 6.45) is 3.22. The summed E-state index contributed by atoms with van der Waals surface area (Å²) < 4.78 is 33.9. The minimum absolute atomic E-state index is 0.0573. The van der Waals surface area contributed by atoms with E-state index in [1.165, 1.54) is 35.9 Å². The number of hydrogen-bond acceptors (Lipinski definition) is 6. The zero-order valence-corrected chi connectivity index (χ0v) is 20.3. The first kappa shape index (κ1) is 25.5. The Kier molecular flexibility index (Phi) is 8.16. The van der Waals surface area contributed by atoms with Crippen LogP contribution in [0.15, 0.2) is 35.4 Å². The molecule has 7 nitrogen and oxygen atoms in total. The first-order chi connectivity index (χ1) is 16.3. The number of carbonyl (C=O) groups is 1. The van der Waals surface area contributed by atoms with Gasteiger partial charge >= 0.3 is 0 Å². The van der Waals surface area contributed by atoms with Crippen molar-refractivity contribution in [2.75, 3.05) is 20.3 Å². The summed E-state index contributed by atoms with van der Waals surface area (Å²) in [6.45, 7) is 6.90. The van der Waals surface area contributed by atoms with Gasteiger partial charge in [-0.25, -0.2) is 13.8 Å². The first-order valence-corrected chi connectivity index (χ1v) is 11.8. The molecule has 0 saturated carbocycles. The summed E-state index contributed by atoms with van der Waals surface area (Å²) in [6, 6.07) is 3.12. The minimum atomic E-state index is -0.695. The molecule has 3 aromatic rings. The molecule has 0 aliphatic carbocycles. The van der Waals surface area contributed by atoms with E-state index in [0.29, 0.717) is 35.1 Å². The van der Waals surface area contributed by atoms with E-state index in [1.807, 2.05) is 20.8 Å². The van der Waals surface area contributed by atoms with Gasteiger partial charge in [0.2, 0.25) is 5.43 Å². The van der Waals surface area contributed by atoms with Crippen molar-refractivity contribution in [2.45, 2.75) is 39.8 Å². The molecule has 0 bridgehead atoms. The summed E-state index contributed by atoms with van der Waals surface area (Å²) in [5.41, 5.74) is -0.298. The van der Waals surface area contributed by atoms with Crippen molar-refractivity contribution in [2.24, 2.45) is 0 Å². The third-order valence-corrected chi connectivity index (χ3v) is 6.46. The van der Waals surface area contributed by atoms with Crippen LogP contribution < -0.4 is 5.43 Å². The van der Waals surface area contributed by atoms with Crippen molar-refractivity contribution in [3.8, 4) is 16.3 Å². The molecule has 0 saturated heterocycles. The number of fused-ring (bicyclic) bond motifs is 1. The molecule has 1 unspecified atom stereocenters. The Morgan fingerprint density at radius 3 is 2.65 bits per heavy atom. The topological polar surface area (TPSA) is 84.7 Å². The number of nitrogens with zero attached hydrogens (tertiary/aromatic N) is 3. The number of ether oxygens (including phenoxy) is 1. The average Bonchev–Trinajstić information content (AvgIpc) is 3.28. The monoisotopic (exact) mass is 491 g/mol. The Bertz CT molecular complexity index is 1240. The number of rotatable bonds is 6. The fourth-order valence-corrected chi connectivity index (χ4v) is 4.84. The van der Waals surface area contributed by atoms with E-state index in [-0.39, 0.29) is 23.7 Å². The van der Waals surface area contributed by atoms with E-state index in [4.69, 9.17) is 4.74 Å². The van der Waals surface area contributed by atoms with Crippen LogP contribution >= 0.6 is 11.3 Å². The normalized spacial score (nSPS) is 15.1. The zero-order valence-electron chi connectivity index (χ0n) is 19.5. The molecular weight excluding hydrogens is 464 g/mol. The second kappa shape index (κ2) is 10.9. The molecule has 2 aromatic heterocycles. The van der Waals surface area contributed by atoms with Crippen molar-refractivity contribution in [3.05, 3.63) is 68.6 Å². The van der Waals surface area contributed by atoms with Gasteiger partial charge in [0, 0.05) is 50.0 Å². The Morgan fingerprint density at radius 2 is 2.00 bits per heavy atom. The van der Waals surface area contributed by atoms with Gasteiger partial charge in [0.15, 0.2) is 11.4 Å².